The van der Waals surface area contributed by atoms with Crippen molar-refractivity contribution in [2.24, 2.45) is 0 Å². The van der Waals surface area contributed by atoms with E-state index in [1.165, 1.54) is 6.33 Å². The van der Waals surface area contributed by atoms with Gasteiger partial charge in [-0.05, 0) is 25.1 Å². The van der Waals surface area contributed by atoms with Crippen LogP contribution in [-0.2, 0) is 4.79 Å². The van der Waals surface area contributed by atoms with E-state index >= 15 is 0 Å². The molecule has 142 valence electrons. The first-order valence-corrected chi connectivity index (χ1v) is 8.40. The predicted octanol–water partition coefficient (Wildman–Crippen LogP) is 1.68. The van der Waals surface area contributed by atoms with Gasteiger partial charge in [-0.3, -0.25) is 4.79 Å². The van der Waals surface area contributed by atoms with E-state index in [9.17, 15) is 4.79 Å². The predicted molar refractivity (Wildman–Crippen MR) is 101 cm³/mol. The molecule has 0 aliphatic rings. The average Bonchev–Trinajstić information content (AvgIpc) is 3.15. The zero-order valence-corrected chi connectivity index (χ0v) is 15.7. The van der Waals surface area contributed by atoms with Crippen LogP contribution in [0.25, 0.3) is 11.2 Å². The van der Waals surface area contributed by atoms with Gasteiger partial charge in [-0.2, -0.15) is 0 Å². The maximum absolute atomic E-state index is 12.5. The SMILES string of the molecule is COc1ccc(OC)c(C(C)NC(=O)CN(C)c2ncnc3nc[nH]c23)c1. The number of rotatable bonds is 7. The molecular formula is C18H22N6O3. The summed E-state index contributed by atoms with van der Waals surface area (Å²) in [6, 6.07) is 5.23. The number of fused-ring (bicyclic) bond motifs is 1. The van der Waals surface area contributed by atoms with Crippen molar-refractivity contribution >= 4 is 22.9 Å². The Morgan fingerprint density at radius 3 is 2.81 bits per heavy atom. The minimum atomic E-state index is -0.256. The number of H-pyrrole nitrogens is 1. The molecule has 3 rings (SSSR count). The second-order valence-electron chi connectivity index (χ2n) is 6.05. The molecule has 2 N–H and O–H groups in total. The average molecular weight is 370 g/mol. The highest BCUT2D eigenvalue weighted by molar-refractivity contribution is 5.87. The minimum Gasteiger partial charge on any atom is -0.497 e. The number of anilines is 1. The van der Waals surface area contributed by atoms with Crippen molar-refractivity contribution in [3.63, 3.8) is 0 Å². The lowest BCUT2D eigenvalue weighted by Crippen LogP contribution is -2.37. The first-order chi connectivity index (χ1) is 13.0. The number of likely N-dealkylation sites (N-methyl/N-ethyl adjacent to an activating group) is 1. The number of imidazole rings is 1. The van der Waals surface area contributed by atoms with Crippen LogP contribution in [0.3, 0.4) is 0 Å². The van der Waals surface area contributed by atoms with E-state index < -0.39 is 0 Å². The highest BCUT2D eigenvalue weighted by Crippen LogP contribution is 2.29. The number of methoxy groups -OCH3 is 2. The number of hydrogen-bond donors (Lipinski definition) is 2. The molecule has 1 unspecified atom stereocenters. The highest BCUT2D eigenvalue weighted by atomic mass is 16.5. The second kappa shape index (κ2) is 7.90. The molecule has 1 atom stereocenters. The van der Waals surface area contributed by atoms with Crippen molar-refractivity contribution in [2.75, 3.05) is 32.7 Å². The third kappa shape index (κ3) is 3.91. The Morgan fingerprint density at radius 2 is 2.07 bits per heavy atom. The summed E-state index contributed by atoms with van der Waals surface area (Å²) in [5.41, 5.74) is 2.09. The molecule has 0 bridgehead atoms. The molecule has 0 fully saturated rings. The number of aromatic amines is 1. The van der Waals surface area contributed by atoms with Crippen LogP contribution in [0.15, 0.2) is 30.9 Å². The number of carbonyl (C=O) groups excluding carboxylic acids is 1. The maximum Gasteiger partial charge on any atom is 0.240 e. The lowest BCUT2D eigenvalue weighted by molar-refractivity contribution is -0.120. The summed E-state index contributed by atoms with van der Waals surface area (Å²) in [5, 5.41) is 2.98. The van der Waals surface area contributed by atoms with Crippen molar-refractivity contribution in [1.82, 2.24) is 25.3 Å². The van der Waals surface area contributed by atoms with E-state index in [1.54, 1.807) is 32.5 Å². The lowest BCUT2D eigenvalue weighted by Gasteiger charge is -2.21. The summed E-state index contributed by atoms with van der Waals surface area (Å²) < 4.78 is 10.7. The molecule has 2 heterocycles. The van der Waals surface area contributed by atoms with Crippen LogP contribution < -0.4 is 19.7 Å². The second-order valence-corrected chi connectivity index (χ2v) is 6.05. The van der Waals surface area contributed by atoms with Gasteiger partial charge in [0.2, 0.25) is 5.91 Å². The molecule has 0 saturated heterocycles. The monoisotopic (exact) mass is 370 g/mol. The van der Waals surface area contributed by atoms with E-state index in [-0.39, 0.29) is 18.5 Å². The van der Waals surface area contributed by atoms with E-state index in [1.807, 2.05) is 25.1 Å². The van der Waals surface area contributed by atoms with Gasteiger partial charge in [0.05, 0.1) is 33.1 Å². The Bertz CT molecular complexity index is 942. The van der Waals surface area contributed by atoms with Crippen LogP contribution in [0.1, 0.15) is 18.5 Å². The van der Waals surface area contributed by atoms with Gasteiger partial charge in [0.25, 0.3) is 0 Å². The van der Waals surface area contributed by atoms with Gasteiger partial charge < -0.3 is 24.7 Å². The van der Waals surface area contributed by atoms with Gasteiger partial charge >= 0.3 is 0 Å². The van der Waals surface area contributed by atoms with Gasteiger partial charge in [-0.25, -0.2) is 15.0 Å². The Kier molecular flexibility index (Phi) is 5.39. The van der Waals surface area contributed by atoms with E-state index in [0.717, 1.165) is 5.56 Å². The third-order valence-electron chi connectivity index (χ3n) is 4.23. The highest BCUT2D eigenvalue weighted by Gasteiger charge is 2.18. The van der Waals surface area contributed by atoms with Crippen molar-refractivity contribution in [3.8, 4) is 11.5 Å². The van der Waals surface area contributed by atoms with Crippen LogP contribution in [0.4, 0.5) is 5.82 Å². The standard InChI is InChI=1S/C18H22N6O3/c1-11(13-7-12(26-3)5-6-14(13)27-4)23-15(25)8-24(2)18-16-17(20-9-19-16)21-10-22-18/h5-7,9-11H,8H2,1-4H3,(H,23,25)(H,19,20,21,22). The minimum absolute atomic E-state index is 0.127. The number of ether oxygens (including phenoxy) is 2. The number of amides is 1. The molecule has 0 aliphatic heterocycles. The quantitative estimate of drug-likeness (QED) is 0.652. The van der Waals surface area contributed by atoms with Gasteiger partial charge in [-0.1, -0.05) is 0 Å². The summed E-state index contributed by atoms with van der Waals surface area (Å²) in [6.07, 6.45) is 2.98. The third-order valence-corrected chi connectivity index (χ3v) is 4.23. The number of nitrogens with one attached hydrogen (secondary N) is 2. The molecule has 3 aromatic rings. The van der Waals surface area contributed by atoms with Crippen LogP contribution in [0, 0.1) is 0 Å². The van der Waals surface area contributed by atoms with Gasteiger partial charge in [0.15, 0.2) is 11.5 Å². The fraction of sp³-hybridized carbons (Fsp3) is 0.333. The Labute approximate surface area is 156 Å². The van der Waals surface area contributed by atoms with Crippen LogP contribution in [0.2, 0.25) is 0 Å². The summed E-state index contributed by atoms with van der Waals surface area (Å²) >= 11 is 0. The Hall–Kier alpha value is -3.36. The summed E-state index contributed by atoms with van der Waals surface area (Å²) in [6.45, 7) is 2.02. The maximum atomic E-state index is 12.5. The molecule has 9 heteroatoms. The molecule has 27 heavy (non-hydrogen) atoms. The molecule has 1 aromatic carbocycles. The zero-order chi connectivity index (χ0) is 19.4. The van der Waals surface area contributed by atoms with Crippen molar-refractivity contribution in [1.29, 1.82) is 0 Å². The van der Waals surface area contributed by atoms with E-state index in [2.05, 4.69) is 25.3 Å². The van der Waals surface area contributed by atoms with Gasteiger partial charge in [-0.15, -0.1) is 0 Å². The van der Waals surface area contributed by atoms with Crippen LogP contribution in [0.5, 0.6) is 11.5 Å². The van der Waals surface area contributed by atoms with Crippen LogP contribution in [-0.4, -0.2) is 53.7 Å². The number of nitrogens with zero attached hydrogens (tertiary/aromatic N) is 4. The first kappa shape index (κ1) is 18.4. The molecule has 2 aromatic heterocycles. The molecule has 0 radical (unpaired) electrons. The van der Waals surface area contributed by atoms with E-state index in [0.29, 0.717) is 28.5 Å². The first-order valence-electron chi connectivity index (χ1n) is 8.40. The summed E-state index contributed by atoms with van der Waals surface area (Å²) in [5.74, 6) is 1.85. The lowest BCUT2D eigenvalue weighted by atomic mass is 10.1. The molecule has 0 saturated carbocycles. The molecule has 0 aliphatic carbocycles. The zero-order valence-electron chi connectivity index (χ0n) is 15.7. The molecule has 0 spiro atoms. The Balaban J connectivity index is 1.71. The van der Waals surface area contributed by atoms with E-state index in [4.69, 9.17) is 9.47 Å². The summed E-state index contributed by atoms with van der Waals surface area (Å²) in [7, 11) is 4.99. The molecule has 1 amide bonds. The van der Waals surface area contributed by atoms with Crippen molar-refractivity contribution in [3.05, 3.63) is 36.4 Å². The number of carbonyl (C=O) groups is 1. The van der Waals surface area contributed by atoms with Crippen LogP contribution >= 0.6 is 0 Å². The fourth-order valence-corrected chi connectivity index (χ4v) is 2.87. The number of aromatic nitrogens is 4. The Morgan fingerprint density at radius 1 is 1.26 bits per heavy atom. The topological polar surface area (TPSA) is 105 Å². The largest absolute Gasteiger partial charge is 0.497 e. The number of hydrogen-bond acceptors (Lipinski definition) is 7. The van der Waals surface area contributed by atoms with Gasteiger partial charge in [0, 0.05) is 12.6 Å². The normalized spacial score (nSPS) is 11.9. The molecule has 9 nitrogen and oxygen atoms in total. The summed E-state index contributed by atoms with van der Waals surface area (Å²) in [4.78, 5) is 29.7. The van der Waals surface area contributed by atoms with Crippen molar-refractivity contribution < 1.29 is 14.3 Å². The molecular weight excluding hydrogens is 348 g/mol. The van der Waals surface area contributed by atoms with Gasteiger partial charge in [0.1, 0.15) is 23.3 Å². The van der Waals surface area contributed by atoms with Crippen molar-refractivity contribution in [2.45, 2.75) is 13.0 Å². The fourth-order valence-electron chi connectivity index (χ4n) is 2.87. The smallest absolute Gasteiger partial charge is 0.240 e. The number of benzene rings is 1.